The van der Waals surface area contributed by atoms with Gasteiger partial charge in [-0.05, 0) is 46.3 Å². The highest BCUT2D eigenvalue weighted by Gasteiger charge is 2.30. The Bertz CT molecular complexity index is 732. The molecule has 1 aliphatic carbocycles. The molecule has 0 aliphatic heterocycles. The topological polar surface area (TPSA) is 90.4 Å². The van der Waals surface area contributed by atoms with E-state index in [0.29, 0.717) is 21.8 Å². The van der Waals surface area contributed by atoms with Crippen molar-refractivity contribution in [2.75, 3.05) is 0 Å². The fourth-order valence-corrected chi connectivity index (χ4v) is 3.41. The van der Waals surface area contributed by atoms with Gasteiger partial charge in [-0.15, -0.1) is 0 Å². The molecule has 0 saturated carbocycles. The van der Waals surface area contributed by atoms with Gasteiger partial charge in [0.25, 0.3) is 0 Å². The number of aryl methyl sites for hydroxylation is 1. The Morgan fingerprint density at radius 1 is 1.11 bits per heavy atom. The van der Waals surface area contributed by atoms with Crippen molar-refractivity contribution in [1.82, 2.24) is 4.98 Å². The average Bonchev–Trinajstić information content (AvgIpc) is 2.93. The molecular formula is C13H10BrNO4. The van der Waals surface area contributed by atoms with Gasteiger partial charge in [-0.1, -0.05) is 0 Å². The number of hydrogen-bond donors (Lipinski definition) is 3. The van der Waals surface area contributed by atoms with Gasteiger partial charge in [0.15, 0.2) is 0 Å². The van der Waals surface area contributed by atoms with Crippen LogP contribution in [0.1, 0.15) is 38.3 Å². The van der Waals surface area contributed by atoms with E-state index in [2.05, 4.69) is 20.9 Å². The first-order valence-corrected chi connectivity index (χ1v) is 6.62. The summed E-state index contributed by atoms with van der Waals surface area (Å²) in [5.41, 5.74) is 2.14. The first-order valence-electron chi connectivity index (χ1n) is 5.83. The molecule has 0 fully saturated rings. The van der Waals surface area contributed by atoms with Crippen LogP contribution in [0.2, 0.25) is 0 Å². The number of carboxylic acids is 2. The van der Waals surface area contributed by atoms with Gasteiger partial charge >= 0.3 is 11.9 Å². The van der Waals surface area contributed by atoms with Gasteiger partial charge in [0.2, 0.25) is 0 Å². The first kappa shape index (κ1) is 12.2. The molecule has 0 bridgehead atoms. The molecule has 0 radical (unpaired) electrons. The highest BCUT2D eigenvalue weighted by Crippen LogP contribution is 2.39. The predicted molar refractivity (Wildman–Crippen MR) is 71.9 cm³/mol. The van der Waals surface area contributed by atoms with E-state index in [1.54, 1.807) is 6.20 Å². The molecule has 3 N–H and O–H groups in total. The third kappa shape index (κ3) is 1.59. The Balaban J connectivity index is 2.57. The summed E-state index contributed by atoms with van der Waals surface area (Å²) in [5.74, 6) is -2.39. The molecule has 0 amide bonds. The number of halogens is 1. The Kier molecular flexibility index (Phi) is 2.63. The lowest BCUT2D eigenvalue weighted by Gasteiger charge is -2.11. The molecule has 5 nitrogen and oxygen atoms in total. The summed E-state index contributed by atoms with van der Waals surface area (Å²) in [7, 11) is 0. The number of H-pyrrole nitrogens is 1. The lowest BCUT2D eigenvalue weighted by molar-refractivity contribution is 0.0652. The predicted octanol–water partition coefficient (Wildman–Crippen LogP) is 2.82. The molecule has 1 aromatic carbocycles. The molecule has 2 aromatic rings. The first-order chi connectivity index (χ1) is 9.02. The van der Waals surface area contributed by atoms with E-state index in [1.165, 1.54) is 0 Å². The van der Waals surface area contributed by atoms with E-state index in [4.69, 9.17) is 0 Å². The van der Waals surface area contributed by atoms with E-state index in [-0.39, 0.29) is 11.1 Å². The van der Waals surface area contributed by atoms with Crippen molar-refractivity contribution < 1.29 is 19.8 Å². The highest BCUT2D eigenvalue weighted by molar-refractivity contribution is 9.10. The second-order valence-corrected chi connectivity index (χ2v) is 5.41. The monoisotopic (exact) mass is 323 g/mol. The summed E-state index contributed by atoms with van der Waals surface area (Å²) in [6.07, 6.45) is 3.90. The maximum absolute atomic E-state index is 11.5. The highest BCUT2D eigenvalue weighted by atomic mass is 79.9. The summed E-state index contributed by atoms with van der Waals surface area (Å²) in [6, 6.07) is 0. The lowest BCUT2D eigenvalue weighted by Crippen LogP contribution is -2.12. The molecule has 0 saturated heterocycles. The van der Waals surface area contributed by atoms with Crippen LogP contribution in [0.15, 0.2) is 10.7 Å². The second-order valence-electron chi connectivity index (χ2n) is 4.56. The maximum Gasteiger partial charge on any atom is 0.337 e. The van der Waals surface area contributed by atoms with Crippen LogP contribution in [0.3, 0.4) is 0 Å². The van der Waals surface area contributed by atoms with Gasteiger partial charge in [0, 0.05) is 16.1 Å². The minimum Gasteiger partial charge on any atom is -0.478 e. The van der Waals surface area contributed by atoms with Crippen LogP contribution in [-0.2, 0) is 12.8 Å². The number of benzene rings is 1. The van der Waals surface area contributed by atoms with Gasteiger partial charge in [-0.2, -0.15) is 0 Å². The molecule has 3 rings (SSSR count). The fourth-order valence-electron chi connectivity index (χ4n) is 2.90. The summed E-state index contributed by atoms with van der Waals surface area (Å²) >= 11 is 3.29. The Morgan fingerprint density at radius 3 is 2.37 bits per heavy atom. The molecule has 0 atom stereocenters. The van der Waals surface area contributed by atoms with Crippen LogP contribution < -0.4 is 0 Å². The minimum absolute atomic E-state index is 0.0622. The number of aromatic amines is 1. The van der Waals surface area contributed by atoms with Crippen molar-refractivity contribution in [3.8, 4) is 0 Å². The van der Waals surface area contributed by atoms with Gasteiger partial charge in [0.05, 0.1) is 16.6 Å². The van der Waals surface area contributed by atoms with Crippen molar-refractivity contribution in [3.63, 3.8) is 0 Å². The van der Waals surface area contributed by atoms with Crippen LogP contribution >= 0.6 is 15.9 Å². The number of aromatic carboxylic acids is 2. The summed E-state index contributed by atoms with van der Waals surface area (Å²) in [6.45, 7) is 0. The molecule has 98 valence electrons. The smallest absolute Gasteiger partial charge is 0.337 e. The zero-order chi connectivity index (χ0) is 13.7. The number of nitrogens with one attached hydrogen (secondary N) is 1. The van der Waals surface area contributed by atoms with E-state index < -0.39 is 11.9 Å². The molecule has 6 heteroatoms. The zero-order valence-electron chi connectivity index (χ0n) is 9.79. The van der Waals surface area contributed by atoms with Crippen LogP contribution in [0.5, 0.6) is 0 Å². The molecular weight excluding hydrogens is 314 g/mol. The summed E-state index contributed by atoms with van der Waals surface area (Å²) in [4.78, 5) is 26.0. The number of rotatable bonds is 2. The van der Waals surface area contributed by atoms with Crippen LogP contribution in [0.4, 0.5) is 0 Å². The van der Waals surface area contributed by atoms with Gasteiger partial charge in [0.1, 0.15) is 0 Å². The number of carboxylic acid groups (broad SMARTS) is 2. The van der Waals surface area contributed by atoms with Gasteiger partial charge in [-0.3, -0.25) is 0 Å². The van der Waals surface area contributed by atoms with E-state index in [1.807, 2.05) is 0 Å². The Labute approximate surface area is 116 Å². The van der Waals surface area contributed by atoms with Gasteiger partial charge < -0.3 is 15.2 Å². The molecule has 1 heterocycles. The second kappa shape index (κ2) is 4.09. The number of aromatic nitrogens is 1. The van der Waals surface area contributed by atoms with Crippen LogP contribution in [0.25, 0.3) is 10.9 Å². The maximum atomic E-state index is 11.5. The van der Waals surface area contributed by atoms with Crippen molar-refractivity contribution in [2.24, 2.45) is 0 Å². The third-order valence-corrected chi connectivity index (χ3v) is 4.21. The van der Waals surface area contributed by atoms with Crippen molar-refractivity contribution in [2.45, 2.75) is 19.3 Å². The molecule has 1 aliphatic rings. The number of fused-ring (bicyclic) bond motifs is 3. The van der Waals surface area contributed by atoms with Gasteiger partial charge in [-0.25, -0.2) is 9.59 Å². The quantitative estimate of drug-likeness (QED) is 0.792. The average molecular weight is 324 g/mol. The Hall–Kier alpha value is -1.82. The summed E-state index contributed by atoms with van der Waals surface area (Å²) < 4.78 is 0.581. The van der Waals surface area contributed by atoms with E-state index >= 15 is 0 Å². The van der Waals surface area contributed by atoms with Crippen LogP contribution in [-0.4, -0.2) is 27.1 Å². The molecule has 1 aromatic heterocycles. The summed E-state index contributed by atoms with van der Waals surface area (Å²) in [5, 5.41) is 19.2. The zero-order valence-corrected chi connectivity index (χ0v) is 11.4. The standard InChI is InChI=1S/C13H10BrNO4/c14-7-4-15-11-6-3-1-2-5(6)8(12(16)17)10(9(7)11)13(18)19/h4,15H,1-3H2,(H,16,17)(H,18,19). The van der Waals surface area contributed by atoms with Crippen molar-refractivity contribution in [1.29, 1.82) is 0 Å². The van der Waals surface area contributed by atoms with Crippen molar-refractivity contribution in [3.05, 3.63) is 32.9 Å². The van der Waals surface area contributed by atoms with E-state index in [9.17, 15) is 19.8 Å². The van der Waals surface area contributed by atoms with E-state index in [0.717, 1.165) is 23.9 Å². The largest absolute Gasteiger partial charge is 0.478 e. The van der Waals surface area contributed by atoms with Crippen LogP contribution in [0, 0.1) is 0 Å². The number of hydrogen-bond acceptors (Lipinski definition) is 2. The van der Waals surface area contributed by atoms with Crippen molar-refractivity contribution >= 4 is 38.8 Å². The third-order valence-electron chi connectivity index (χ3n) is 3.58. The molecule has 19 heavy (non-hydrogen) atoms. The minimum atomic E-state index is -1.21. The molecule has 0 spiro atoms. The fraction of sp³-hybridized carbons (Fsp3) is 0.231. The SMILES string of the molecule is O=C(O)c1c2c(c3[nH]cc(Br)c3c1C(=O)O)CCC2. The molecule has 0 unspecified atom stereocenters. The number of carbonyl (C=O) groups is 2. The Morgan fingerprint density at radius 2 is 1.74 bits per heavy atom. The normalized spacial score (nSPS) is 13.7. The lowest BCUT2D eigenvalue weighted by atomic mass is 9.94.